The highest BCUT2D eigenvalue weighted by Crippen LogP contribution is 2.31. The Morgan fingerprint density at radius 1 is 1.06 bits per heavy atom. The molecule has 192 valence electrons. The van der Waals surface area contributed by atoms with E-state index in [1.165, 1.54) is 12.0 Å². The molecular formula is C26H37N3O5S. The second-order valence-electron chi connectivity index (χ2n) is 9.87. The molecule has 0 saturated heterocycles. The van der Waals surface area contributed by atoms with Crippen molar-refractivity contribution in [3.8, 4) is 5.75 Å². The summed E-state index contributed by atoms with van der Waals surface area (Å²) in [6, 6.07) is 11.9. The molecular weight excluding hydrogens is 466 g/mol. The number of carbonyl (C=O) groups excluding carboxylic acids is 2. The molecule has 9 heteroatoms. The molecule has 1 atom stereocenters. The Morgan fingerprint density at radius 3 is 2.23 bits per heavy atom. The molecule has 0 bridgehead atoms. The quantitative estimate of drug-likeness (QED) is 0.566. The van der Waals surface area contributed by atoms with Gasteiger partial charge < -0.3 is 15.0 Å². The minimum Gasteiger partial charge on any atom is -0.495 e. The summed E-state index contributed by atoms with van der Waals surface area (Å²) in [4.78, 5) is 28.1. The van der Waals surface area contributed by atoms with Crippen LogP contribution in [0.1, 0.15) is 44.4 Å². The largest absolute Gasteiger partial charge is 0.495 e. The van der Waals surface area contributed by atoms with Crippen LogP contribution >= 0.6 is 0 Å². The Balaban J connectivity index is 2.48. The molecule has 8 nitrogen and oxygen atoms in total. The molecule has 0 aromatic heterocycles. The highest BCUT2D eigenvalue weighted by molar-refractivity contribution is 7.92. The summed E-state index contributed by atoms with van der Waals surface area (Å²) in [5, 5.41) is 2.91. The van der Waals surface area contributed by atoms with Crippen LogP contribution < -0.4 is 14.4 Å². The monoisotopic (exact) mass is 503 g/mol. The maximum Gasteiger partial charge on any atom is 0.244 e. The number of carbonyl (C=O) groups is 2. The van der Waals surface area contributed by atoms with E-state index >= 15 is 0 Å². The van der Waals surface area contributed by atoms with Gasteiger partial charge in [-0.1, -0.05) is 35.9 Å². The van der Waals surface area contributed by atoms with Gasteiger partial charge in [0.25, 0.3) is 0 Å². The fourth-order valence-electron chi connectivity index (χ4n) is 3.65. The first kappa shape index (κ1) is 28.2. The molecule has 0 aliphatic carbocycles. The second-order valence-corrected chi connectivity index (χ2v) is 11.8. The number of ether oxygens (including phenoxy) is 1. The summed E-state index contributed by atoms with van der Waals surface area (Å²) in [6.07, 6.45) is 1.04. The smallest absolute Gasteiger partial charge is 0.244 e. The number of methoxy groups -OCH3 is 1. The SMILES string of the molecule is COc1ccc(C)cc1N(CC(=O)N(Cc1cccc(C)c1)C(C)C(=O)NC(C)(C)C)S(C)(=O)=O. The van der Waals surface area contributed by atoms with Crippen molar-refractivity contribution in [1.82, 2.24) is 10.2 Å². The van der Waals surface area contributed by atoms with E-state index in [1.807, 2.05) is 58.9 Å². The highest BCUT2D eigenvalue weighted by Gasteiger charge is 2.32. The molecule has 2 rings (SSSR count). The molecule has 1 unspecified atom stereocenters. The Labute approximate surface area is 209 Å². The van der Waals surface area contributed by atoms with Crippen molar-refractivity contribution < 1.29 is 22.7 Å². The molecule has 0 spiro atoms. The van der Waals surface area contributed by atoms with Crippen molar-refractivity contribution in [2.24, 2.45) is 0 Å². The van der Waals surface area contributed by atoms with Crippen molar-refractivity contribution in [2.45, 2.75) is 59.7 Å². The summed E-state index contributed by atoms with van der Waals surface area (Å²) in [7, 11) is -2.40. The number of anilines is 1. The van der Waals surface area contributed by atoms with Crippen molar-refractivity contribution in [1.29, 1.82) is 0 Å². The van der Waals surface area contributed by atoms with Gasteiger partial charge in [0.15, 0.2) is 0 Å². The lowest BCUT2D eigenvalue weighted by Crippen LogP contribution is -2.54. The van der Waals surface area contributed by atoms with E-state index in [4.69, 9.17) is 4.74 Å². The van der Waals surface area contributed by atoms with Gasteiger partial charge >= 0.3 is 0 Å². The molecule has 0 saturated carbocycles. The van der Waals surface area contributed by atoms with Gasteiger partial charge in [-0.05, 0) is 64.8 Å². The topological polar surface area (TPSA) is 96.0 Å². The zero-order valence-electron chi connectivity index (χ0n) is 21.9. The van der Waals surface area contributed by atoms with Gasteiger partial charge in [-0.15, -0.1) is 0 Å². The number of nitrogens with zero attached hydrogens (tertiary/aromatic N) is 2. The minimum atomic E-state index is -3.84. The van der Waals surface area contributed by atoms with Gasteiger partial charge in [-0.3, -0.25) is 13.9 Å². The van der Waals surface area contributed by atoms with Gasteiger partial charge in [0.2, 0.25) is 21.8 Å². The average Bonchev–Trinajstić information content (AvgIpc) is 2.73. The fraction of sp³-hybridized carbons (Fsp3) is 0.462. The van der Waals surface area contributed by atoms with Gasteiger partial charge in [0.1, 0.15) is 18.3 Å². The highest BCUT2D eigenvalue weighted by atomic mass is 32.2. The number of nitrogens with one attached hydrogen (secondary N) is 1. The number of sulfonamides is 1. The molecule has 0 aliphatic heterocycles. The molecule has 2 aromatic carbocycles. The third kappa shape index (κ3) is 7.99. The van der Waals surface area contributed by atoms with E-state index in [0.717, 1.165) is 27.3 Å². The van der Waals surface area contributed by atoms with E-state index < -0.39 is 34.1 Å². The molecule has 2 amide bonds. The first-order chi connectivity index (χ1) is 16.1. The number of rotatable bonds is 9. The summed E-state index contributed by atoms with van der Waals surface area (Å²) in [5.74, 6) is -0.493. The molecule has 2 aromatic rings. The summed E-state index contributed by atoms with van der Waals surface area (Å²) >= 11 is 0. The zero-order valence-corrected chi connectivity index (χ0v) is 22.7. The van der Waals surface area contributed by atoms with Crippen LogP contribution in [-0.4, -0.2) is 56.6 Å². The lowest BCUT2D eigenvalue weighted by atomic mass is 10.1. The number of hydrogen-bond donors (Lipinski definition) is 1. The Hall–Kier alpha value is -3.07. The summed E-state index contributed by atoms with van der Waals surface area (Å²) < 4.78 is 32.0. The Morgan fingerprint density at radius 2 is 1.69 bits per heavy atom. The van der Waals surface area contributed by atoms with Gasteiger partial charge in [-0.2, -0.15) is 0 Å². The van der Waals surface area contributed by atoms with Crippen LogP contribution in [0, 0.1) is 13.8 Å². The minimum absolute atomic E-state index is 0.155. The van der Waals surface area contributed by atoms with Crippen molar-refractivity contribution in [3.63, 3.8) is 0 Å². The van der Waals surface area contributed by atoms with Gasteiger partial charge in [-0.25, -0.2) is 8.42 Å². The predicted octanol–water partition coefficient (Wildman–Crippen LogP) is 3.41. The average molecular weight is 504 g/mol. The standard InChI is InChI=1S/C26H37N3O5S/c1-18-10-9-11-21(14-18)16-28(20(3)25(31)27-26(4,5)6)24(30)17-29(35(8,32)33)22-15-19(2)12-13-23(22)34-7/h9-15,20H,16-17H2,1-8H3,(H,27,31). The maximum atomic E-state index is 13.7. The number of benzene rings is 2. The Kier molecular flexibility index (Phi) is 8.94. The van der Waals surface area contributed by atoms with Gasteiger partial charge in [0, 0.05) is 12.1 Å². The zero-order chi connectivity index (χ0) is 26.6. The third-order valence-corrected chi connectivity index (χ3v) is 6.51. The van der Waals surface area contributed by atoms with Crippen molar-refractivity contribution >= 4 is 27.5 Å². The second kappa shape index (κ2) is 11.1. The van der Waals surface area contributed by atoms with Crippen LogP contribution in [0.2, 0.25) is 0 Å². The Bertz CT molecular complexity index is 1170. The van der Waals surface area contributed by atoms with E-state index in [9.17, 15) is 18.0 Å². The summed E-state index contributed by atoms with van der Waals surface area (Å²) in [6.45, 7) is 10.7. The van der Waals surface area contributed by atoms with Crippen LogP contribution in [-0.2, 0) is 26.2 Å². The molecule has 0 aliphatic rings. The lowest BCUT2D eigenvalue weighted by Gasteiger charge is -2.33. The van der Waals surface area contributed by atoms with Crippen LogP contribution in [0.25, 0.3) is 0 Å². The number of hydrogen-bond acceptors (Lipinski definition) is 5. The van der Waals surface area contributed by atoms with Crippen LogP contribution in [0.3, 0.4) is 0 Å². The first-order valence-corrected chi connectivity index (χ1v) is 13.3. The maximum absolute atomic E-state index is 13.7. The number of aryl methyl sites for hydroxylation is 2. The van der Waals surface area contributed by atoms with Crippen molar-refractivity contribution in [3.05, 3.63) is 59.2 Å². The van der Waals surface area contributed by atoms with E-state index in [1.54, 1.807) is 25.1 Å². The van der Waals surface area contributed by atoms with Crippen molar-refractivity contribution in [2.75, 3.05) is 24.2 Å². The number of amides is 2. The van der Waals surface area contributed by atoms with Crippen LogP contribution in [0.4, 0.5) is 5.69 Å². The summed E-state index contributed by atoms with van der Waals surface area (Å²) in [5.41, 5.74) is 2.45. The molecule has 1 N–H and O–H groups in total. The normalized spacial score (nSPS) is 12.6. The first-order valence-electron chi connectivity index (χ1n) is 11.4. The van der Waals surface area contributed by atoms with Gasteiger partial charge in [0.05, 0.1) is 19.1 Å². The molecule has 0 heterocycles. The molecule has 0 fully saturated rings. The predicted molar refractivity (Wildman–Crippen MR) is 139 cm³/mol. The van der Waals surface area contributed by atoms with Crippen LogP contribution in [0.5, 0.6) is 5.75 Å². The van der Waals surface area contributed by atoms with E-state index in [2.05, 4.69) is 5.32 Å². The van der Waals surface area contributed by atoms with E-state index in [0.29, 0.717) is 5.75 Å². The lowest BCUT2D eigenvalue weighted by molar-refractivity contribution is -0.140. The van der Waals surface area contributed by atoms with E-state index in [-0.39, 0.29) is 18.1 Å². The molecule has 35 heavy (non-hydrogen) atoms. The van der Waals surface area contributed by atoms with Crippen LogP contribution in [0.15, 0.2) is 42.5 Å². The fourth-order valence-corrected chi connectivity index (χ4v) is 4.50. The molecule has 0 radical (unpaired) electrons. The third-order valence-electron chi connectivity index (χ3n) is 5.38.